The fourth-order valence-corrected chi connectivity index (χ4v) is 4.01. The van der Waals surface area contributed by atoms with Gasteiger partial charge in [-0.15, -0.1) is 0 Å². The quantitative estimate of drug-likeness (QED) is 0.703. The monoisotopic (exact) mass is 291 g/mol. The van der Waals surface area contributed by atoms with E-state index in [4.69, 9.17) is 0 Å². The number of nitrogens with one attached hydrogen (secondary N) is 1. The maximum absolute atomic E-state index is 12.4. The molecule has 0 amide bonds. The second kappa shape index (κ2) is 7.57. The van der Waals surface area contributed by atoms with E-state index in [1.807, 2.05) is 0 Å². The minimum absolute atomic E-state index is 0.338. The predicted octanol–water partition coefficient (Wildman–Crippen LogP) is 0.730. The number of hydrogen-bond donors (Lipinski definition) is 1. The van der Waals surface area contributed by atoms with Crippen LogP contribution in [0.5, 0.6) is 0 Å². The Morgan fingerprint density at radius 2 is 1.89 bits per heavy atom. The molecule has 114 valence electrons. The van der Waals surface area contributed by atoms with E-state index in [-0.39, 0.29) is 5.25 Å². The Labute approximate surface area is 118 Å². The average Bonchev–Trinajstić information content (AvgIpc) is 2.39. The third-order valence-corrected chi connectivity index (χ3v) is 6.15. The first kappa shape index (κ1) is 16.9. The highest BCUT2D eigenvalue weighted by Gasteiger charge is 2.32. The third kappa shape index (κ3) is 4.70. The molecule has 1 rings (SSSR count). The summed E-state index contributed by atoms with van der Waals surface area (Å²) < 4.78 is 26.5. The largest absolute Gasteiger partial charge is 0.315 e. The molecular formula is C13H29N3O2S. The van der Waals surface area contributed by atoms with Crippen molar-refractivity contribution < 1.29 is 8.42 Å². The Kier molecular flexibility index (Phi) is 6.73. The molecule has 19 heavy (non-hydrogen) atoms. The van der Waals surface area contributed by atoms with E-state index < -0.39 is 10.0 Å². The average molecular weight is 291 g/mol. The molecule has 1 atom stereocenters. The summed E-state index contributed by atoms with van der Waals surface area (Å²) >= 11 is 0. The van der Waals surface area contributed by atoms with Gasteiger partial charge in [0.1, 0.15) is 0 Å². The molecule has 1 aliphatic heterocycles. The van der Waals surface area contributed by atoms with Crippen molar-refractivity contribution in [2.45, 2.75) is 44.4 Å². The van der Waals surface area contributed by atoms with Crippen LogP contribution in [0.2, 0.25) is 0 Å². The number of rotatable bonds is 7. The highest BCUT2D eigenvalue weighted by Crippen LogP contribution is 2.19. The van der Waals surface area contributed by atoms with Crippen molar-refractivity contribution in [2.75, 3.05) is 40.3 Å². The Hall–Kier alpha value is -0.170. The van der Waals surface area contributed by atoms with Crippen LogP contribution in [0.1, 0.15) is 33.1 Å². The molecule has 1 N–H and O–H groups in total. The molecule has 0 spiro atoms. The lowest BCUT2D eigenvalue weighted by atomic mass is 10.1. The normalized spacial score (nSPS) is 20.9. The Morgan fingerprint density at radius 1 is 1.32 bits per heavy atom. The summed E-state index contributed by atoms with van der Waals surface area (Å²) in [6, 6.07) is 0.514. The van der Waals surface area contributed by atoms with Gasteiger partial charge < -0.3 is 10.2 Å². The van der Waals surface area contributed by atoms with Crippen molar-refractivity contribution in [3.8, 4) is 0 Å². The summed E-state index contributed by atoms with van der Waals surface area (Å²) in [5.41, 5.74) is 0. The highest BCUT2D eigenvalue weighted by molar-refractivity contribution is 7.89. The van der Waals surface area contributed by atoms with Crippen LogP contribution in [0.25, 0.3) is 0 Å². The van der Waals surface area contributed by atoms with Gasteiger partial charge in [-0.05, 0) is 46.8 Å². The van der Waals surface area contributed by atoms with E-state index in [1.54, 1.807) is 11.2 Å². The van der Waals surface area contributed by atoms with Gasteiger partial charge >= 0.3 is 0 Å². The number of sulfonamides is 1. The van der Waals surface area contributed by atoms with Gasteiger partial charge in [0.25, 0.3) is 0 Å². The van der Waals surface area contributed by atoms with E-state index in [0.29, 0.717) is 25.7 Å². The summed E-state index contributed by atoms with van der Waals surface area (Å²) in [6.45, 7) is 6.62. The second-order valence-corrected chi connectivity index (χ2v) is 8.00. The lowest BCUT2D eigenvalue weighted by Gasteiger charge is -2.35. The molecule has 5 nitrogen and oxygen atoms in total. The zero-order valence-corrected chi connectivity index (χ0v) is 13.5. The van der Waals surface area contributed by atoms with Crippen LogP contribution in [-0.2, 0) is 10.0 Å². The topological polar surface area (TPSA) is 52.7 Å². The summed E-state index contributed by atoms with van der Waals surface area (Å²) in [5.74, 6) is 0. The van der Waals surface area contributed by atoms with Gasteiger partial charge in [0, 0.05) is 25.7 Å². The third-order valence-electron chi connectivity index (χ3n) is 3.88. The standard InChI is InChI=1S/C13H29N3O2S/c1-5-8-14-11-12(2)19(17,18)16-9-6-13(7-10-16)15(3)4/h12-14H,5-11H2,1-4H3. The second-order valence-electron chi connectivity index (χ2n) is 5.65. The number of hydrogen-bond acceptors (Lipinski definition) is 4. The van der Waals surface area contributed by atoms with Crippen LogP contribution in [0.15, 0.2) is 0 Å². The van der Waals surface area contributed by atoms with Crippen molar-refractivity contribution in [1.29, 1.82) is 0 Å². The number of piperidine rings is 1. The SMILES string of the molecule is CCCNCC(C)S(=O)(=O)N1CCC(N(C)C)CC1. The van der Waals surface area contributed by atoms with Crippen molar-refractivity contribution >= 4 is 10.0 Å². The Bertz CT molecular complexity index is 349. The van der Waals surface area contributed by atoms with Gasteiger partial charge in [-0.25, -0.2) is 12.7 Å². The van der Waals surface area contributed by atoms with Gasteiger partial charge in [0.15, 0.2) is 0 Å². The van der Waals surface area contributed by atoms with Gasteiger partial charge in [0.05, 0.1) is 5.25 Å². The van der Waals surface area contributed by atoms with E-state index >= 15 is 0 Å². The first-order chi connectivity index (χ1) is 8.89. The van der Waals surface area contributed by atoms with Crippen LogP contribution in [-0.4, -0.2) is 69.2 Å². The fraction of sp³-hybridized carbons (Fsp3) is 1.00. The van der Waals surface area contributed by atoms with Crippen molar-refractivity contribution in [1.82, 2.24) is 14.5 Å². The Morgan fingerprint density at radius 3 is 2.37 bits per heavy atom. The zero-order chi connectivity index (χ0) is 14.5. The molecule has 0 aromatic carbocycles. The van der Waals surface area contributed by atoms with Crippen LogP contribution < -0.4 is 5.32 Å². The van der Waals surface area contributed by atoms with Gasteiger partial charge in [-0.3, -0.25) is 0 Å². The van der Waals surface area contributed by atoms with Crippen LogP contribution in [0.3, 0.4) is 0 Å². The maximum atomic E-state index is 12.4. The fourth-order valence-electron chi connectivity index (χ4n) is 2.45. The van der Waals surface area contributed by atoms with E-state index in [0.717, 1.165) is 25.8 Å². The lowest BCUT2D eigenvalue weighted by Crippen LogP contribution is -2.48. The zero-order valence-electron chi connectivity index (χ0n) is 12.7. The summed E-state index contributed by atoms with van der Waals surface area (Å²) in [4.78, 5) is 2.19. The van der Waals surface area contributed by atoms with E-state index in [2.05, 4.69) is 31.2 Å². The van der Waals surface area contributed by atoms with Gasteiger partial charge in [0.2, 0.25) is 10.0 Å². The molecule has 1 fully saturated rings. The lowest BCUT2D eigenvalue weighted by molar-refractivity contribution is 0.196. The first-order valence-electron chi connectivity index (χ1n) is 7.25. The van der Waals surface area contributed by atoms with Crippen molar-refractivity contribution in [2.24, 2.45) is 0 Å². The minimum atomic E-state index is -3.14. The van der Waals surface area contributed by atoms with Crippen molar-refractivity contribution in [3.05, 3.63) is 0 Å². The van der Waals surface area contributed by atoms with Crippen LogP contribution >= 0.6 is 0 Å². The first-order valence-corrected chi connectivity index (χ1v) is 8.76. The van der Waals surface area contributed by atoms with Crippen molar-refractivity contribution in [3.63, 3.8) is 0 Å². The van der Waals surface area contributed by atoms with Gasteiger partial charge in [-0.1, -0.05) is 6.92 Å². The molecule has 0 saturated carbocycles. The minimum Gasteiger partial charge on any atom is -0.315 e. The predicted molar refractivity (Wildman–Crippen MR) is 79.8 cm³/mol. The molecule has 1 heterocycles. The molecule has 0 aliphatic carbocycles. The summed E-state index contributed by atoms with van der Waals surface area (Å²) in [5, 5.41) is 2.85. The molecule has 1 unspecified atom stereocenters. The molecule has 1 aliphatic rings. The summed E-state index contributed by atoms with van der Waals surface area (Å²) in [6.07, 6.45) is 2.89. The van der Waals surface area contributed by atoms with E-state index in [1.165, 1.54) is 0 Å². The van der Waals surface area contributed by atoms with Crippen LogP contribution in [0, 0.1) is 0 Å². The molecule has 0 aromatic rings. The molecule has 0 radical (unpaired) electrons. The van der Waals surface area contributed by atoms with Gasteiger partial charge in [-0.2, -0.15) is 0 Å². The maximum Gasteiger partial charge on any atom is 0.217 e. The highest BCUT2D eigenvalue weighted by atomic mass is 32.2. The molecule has 6 heteroatoms. The Balaban J connectivity index is 2.50. The van der Waals surface area contributed by atoms with E-state index in [9.17, 15) is 8.42 Å². The molecule has 1 saturated heterocycles. The molecular weight excluding hydrogens is 262 g/mol. The van der Waals surface area contributed by atoms with Crippen LogP contribution in [0.4, 0.5) is 0 Å². The number of nitrogens with zero attached hydrogens (tertiary/aromatic N) is 2. The molecule has 0 aromatic heterocycles. The summed E-state index contributed by atoms with van der Waals surface area (Å²) in [7, 11) is 0.984. The molecule has 0 bridgehead atoms. The smallest absolute Gasteiger partial charge is 0.217 e.